The van der Waals surface area contributed by atoms with Gasteiger partial charge in [0.05, 0.1) is 13.2 Å². The van der Waals surface area contributed by atoms with E-state index < -0.39 is 51.8 Å². The fraction of sp³-hybridized carbons (Fsp3) is 0.857. The molecule has 0 aliphatic heterocycles. The molecule has 0 radical (unpaired) electrons. The maximum absolute atomic E-state index is 11.8. The summed E-state index contributed by atoms with van der Waals surface area (Å²) in [5.41, 5.74) is 0. The molecule has 0 heterocycles. The van der Waals surface area contributed by atoms with Gasteiger partial charge in [-0.1, -0.05) is 0 Å². The number of carbonyl (C=O) groups excluding carboxylic acids is 2. The molecule has 0 saturated heterocycles. The van der Waals surface area contributed by atoms with Crippen LogP contribution >= 0.6 is 15.0 Å². The SMILES string of the molecule is CCOC(=O)C(C)NP(C)(=O)O.CCOC(=O)C(C)NP(C)(=O)OCC(F)(F)F. The molecular weight excluding hydrogens is 443 g/mol. The highest BCUT2D eigenvalue weighted by Crippen LogP contribution is 2.39. The molecule has 0 aromatic carbocycles. The van der Waals surface area contributed by atoms with Crippen LogP contribution in [0.4, 0.5) is 13.2 Å². The van der Waals surface area contributed by atoms with Gasteiger partial charge in [-0.15, -0.1) is 0 Å². The lowest BCUT2D eigenvalue weighted by Crippen LogP contribution is -2.34. The van der Waals surface area contributed by atoms with Crippen molar-refractivity contribution in [1.82, 2.24) is 10.2 Å². The number of ether oxygens (including phenoxy) is 2. The second-order valence-electron chi connectivity index (χ2n) is 5.82. The van der Waals surface area contributed by atoms with Gasteiger partial charge in [0, 0.05) is 13.3 Å². The van der Waals surface area contributed by atoms with E-state index in [0.29, 0.717) is 0 Å². The molecule has 174 valence electrons. The summed E-state index contributed by atoms with van der Waals surface area (Å²) in [6, 6.07) is -1.75. The summed E-state index contributed by atoms with van der Waals surface area (Å²) in [6.07, 6.45) is -4.57. The molecule has 0 spiro atoms. The van der Waals surface area contributed by atoms with Crippen LogP contribution in [0.2, 0.25) is 0 Å². The molecule has 4 atom stereocenters. The van der Waals surface area contributed by atoms with Gasteiger partial charge < -0.3 is 18.9 Å². The third kappa shape index (κ3) is 18.8. The molecule has 0 aromatic rings. The first-order chi connectivity index (χ1) is 12.9. The molecule has 29 heavy (non-hydrogen) atoms. The van der Waals surface area contributed by atoms with E-state index >= 15 is 0 Å². The second kappa shape index (κ2) is 13.4. The largest absolute Gasteiger partial charge is 0.465 e. The average molecular weight is 472 g/mol. The monoisotopic (exact) mass is 472 g/mol. The Bertz CT molecular complexity index is 612. The first-order valence-electron chi connectivity index (χ1n) is 8.42. The minimum atomic E-state index is -4.57. The molecule has 0 aromatic heterocycles. The van der Waals surface area contributed by atoms with E-state index in [1.807, 2.05) is 0 Å². The number of carbonyl (C=O) groups is 2. The molecule has 10 nitrogen and oxygen atoms in total. The molecule has 0 saturated carbocycles. The van der Waals surface area contributed by atoms with Gasteiger partial charge in [0.2, 0.25) is 0 Å². The van der Waals surface area contributed by atoms with Crippen molar-refractivity contribution in [3.8, 4) is 0 Å². The zero-order valence-electron chi connectivity index (χ0n) is 17.1. The Hall–Kier alpha value is -0.970. The number of esters is 2. The van der Waals surface area contributed by atoms with E-state index in [1.165, 1.54) is 13.8 Å². The van der Waals surface area contributed by atoms with Crippen LogP contribution in [0.15, 0.2) is 0 Å². The number of nitrogens with one attached hydrogen (secondary N) is 2. The zero-order valence-corrected chi connectivity index (χ0v) is 18.9. The van der Waals surface area contributed by atoms with Gasteiger partial charge in [0.15, 0.2) is 6.61 Å². The van der Waals surface area contributed by atoms with Crippen LogP contribution < -0.4 is 10.2 Å². The molecule has 0 aliphatic carbocycles. The van der Waals surface area contributed by atoms with E-state index in [9.17, 15) is 31.9 Å². The van der Waals surface area contributed by atoms with E-state index in [1.54, 1.807) is 13.8 Å². The number of alkyl halides is 3. The van der Waals surface area contributed by atoms with Gasteiger partial charge in [-0.3, -0.25) is 18.7 Å². The van der Waals surface area contributed by atoms with Crippen molar-refractivity contribution in [2.24, 2.45) is 0 Å². The third-order valence-electron chi connectivity index (χ3n) is 2.62. The van der Waals surface area contributed by atoms with Crippen molar-refractivity contribution >= 4 is 27.0 Å². The molecule has 3 N–H and O–H groups in total. The van der Waals surface area contributed by atoms with Gasteiger partial charge >= 0.3 is 18.1 Å². The van der Waals surface area contributed by atoms with Crippen LogP contribution in [0, 0.1) is 0 Å². The van der Waals surface area contributed by atoms with Crippen LogP contribution in [0.5, 0.6) is 0 Å². The Morgan fingerprint density at radius 1 is 0.966 bits per heavy atom. The Labute approximate surface area is 167 Å². The second-order valence-corrected chi connectivity index (χ2v) is 10.0. The molecule has 0 amide bonds. The summed E-state index contributed by atoms with van der Waals surface area (Å²) in [6.45, 7) is 6.91. The molecule has 0 aliphatic rings. The van der Waals surface area contributed by atoms with Crippen LogP contribution in [0.3, 0.4) is 0 Å². The maximum Gasteiger partial charge on any atom is 0.412 e. The number of hydrogen-bond donors (Lipinski definition) is 3. The average Bonchev–Trinajstić information content (AvgIpc) is 2.51. The lowest BCUT2D eigenvalue weighted by molar-refractivity contribution is -0.153. The van der Waals surface area contributed by atoms with Crippen molar-refractivity contribution in [3.05, 3.63) is 0 Å². The van der Waals surface area contributed by atoms with Crippen molar-refractivity contribution in [2.75, 3.05) is 33.2 Å². The predicted octanol–water partition coefficient (Wildman–Crippen LogP) is 2.27. The fourth-order valence-corrected chi connectivity index (χ4v) is 3.68. The first-order valence-corrected chi connectivity index (χ1v) is 12.6. The zero-order chi connectivity index (χ0) is 23.5. The summed E-state index contributed by atoms with van der Waals surface area (Å²) < 4.78 is 71.2. The Kier molecular flexibility index (Phi) is 13.9. The molecule has 0 rings (SSSR count). The number of halogens is 3. The minimum Gasteiger partial charge on any atom is -0.465 e. The number of rotatable bonds is 10. The summed E-state index contributed by atoms with van der Waals surface area (Å²) in [5, 5.41) is 4.41. The Morgan fingerprint density at radius 3 is 1.66 bits per heavy atom. The standard InChI is InChI=1S/C8H15F3NO4P.C6H14NO4P/c1-4-15-7(13)6(2)12-17(3,14)16-5-8(9,10)11;1-4-11-6(8)5(2)7-12(3,9)10/h6H,4-5H2,1-3H3,(H,12,14);5H,4H2,1-3H3,(H2,7,9,10). The minimum absolute atomic E-state index is 0.127. The van der Waals surface area contributed by atoms with Crippen LogP contribution in [0.1, 0.15) is 27.7 Å². The maximum atomic E-state index is 11.8. The van der Waals surface area contributed by atoms with Gasteiger partial charge in [-0.05, 0) is 27.7 Å². The highest BCUT2D eigenvalue weighted by molar-refractivity contribution is 7.56. The third-order valence-corrected chi connectivity index (χ3v) is 4.96. The fourth-order valence-electron chi connectivity index (χ4n) is 1.58. The highest BCUT2D eigenvalue weighted by Gasteiger charge is 2.33. The van der Waals surface area contributed by atoms with Gasteiger partial charge in [-0.25, -0.2) is 10.2 Å². The first kappa shape index (κ1) is 30.2. The highest BCUT2D eigenvalue weighted by atomic mass is 31.2. The lowest BCUT2D eigenvalue weighted by atomic mass is 10.4. The topological polar surface area (TPSA) is 140 Å². The van der Waals surface area contributed by atoms with Crippen molar-refractivity contribution in [2.45, 2.75) is 46.0 Å². The number of hydrogen-bond acceptors (Lipinski definition) is 7. The summed E-state index contributed by atoms with van der Waals surface area (Å²) in [4.78, 5) is 30.9. The van der Waals surface area contributed by atoms with E-state index in [4.69, 9.17) is 4.89 Å². The van der Waals surface area contributed by atoms with E-state index in [-0.39, 0.29) is 13.2 Å². The predicted molar refractivity (Wildman–Crippen MR) is 99.7 cm³/mol. The quantitative estimate of drug-likeness (QED) is 0.320. The van der Waals surface area contributed by atoms with E-state index in [2.05, 4.69) is 24.2 Å². The molecule has 0 fully saturated rings. The van der Waals surface area contributed by atoms with Gasteiger partial charge in [0.1, 0.15) is 12.1 Å². The summed E-state index contributed by atoms with van der Waals surface area (Å²) in [7, 11) is -7.04. The van der Waals surface area contributed by atoms with Gasteiger partial charge in [0.25, 0.3) is 15.0 Å². The van der Waals surface area contributed by atoms with Crippen molar-refractivity contribution in [1.29, 1.82) is 0 Å². The molecule has 15 heteroatoms. The molecular formula is C14H29F3N2O8P2. The van der Waals surface area contributed by atoms with Crippen molar-refractivity contribution < 1.29 is 50.8 Å². The lowest BCUT2D eigenvalue weighted by Gasteiger charge is -2.19. The van der Waals surface area contributed by atoms with Crippen LogP contribution in [-0.4, -0.2) is 68.2 Å². The van der Waals surface area contributed by atoms with Crippen LogP contribution in [0.25, 0.3) is 0 Å². The smallest absolute Gasteiger partial charge is 0.412 e. The summed E-state index contributed by atoms with van der Waals surface area (Å²) >= 11 is 0. The molecule has 0 bridgehead atoms. The van der Waals surface area contributed by atoms with Gasteiger partial charge in [-0.2, -0.15) is 13.2 Å². The Morgan fingerprint density at radius 2 is 1.34 bits per heavy atom. The van der Waals surface area contributed by atoms with Crippen molar-refractivity contribution in [3.63, 3.8) is 0 Å². The Balaban J connectivity index is 0. The summed E-state index contributed by atoms with van der Waals surface area (Å²) in [5.74, 6) is -1.22. The molecule has 4 unspecified atom stereocenters. The van der Waals surface area contributed by atoms with E-state index in [0.717, 1.165) is 13.3 Å². The van der Waals surface area contributed by atoms with Crippen LogP contribution in [-0.2, 0) is 32.7 Å². The normalized spacial score (nSPS) is 17.6.